The van der Waals surface area contributed by atoms with Gasteiger partial charge in [-0.2, -0.15) is 0 Å². The van der Waals surface area contributed by atoms with Crippen LogP contribution in [0.2, 0.25) is 5.02 Å². The predicted molar refractivity (Wildman–Crippen MR) is 115 cm³/mol. The Labute approximate surface area is 172 Å². The lowest BCUT2D eigenvalue weighted by molar-refractivity contribution is 0.0953. The van der Waals surface area contributed by atoms with Crippen LogP contribution in [0.5, 0.6) is 0 Å². The molecule has 6 heteroatoms. The van der Waals surface area contributed by atoms with Crippen molar-refractivity contribution >= 4 is 52.2 Å². The van der Waals surface area contributed by atoms with Gasteiger partial charge in [0.1, 0.15) is 0 Å². The first kappa shape index (κ1) is 19.4. The molecule has 0 spiro atoms. The Balaban J connectivity index is 0.00000210. The number of halogens is 2. The summed E-state index contributed by atoms with van der Waals surface area (Å²) in [6.45, 7) is 0.514. The van der Waals surface area contributed by atoms with E-state index in [-0.39, 0.29) is 18.3 Å². The molecule has 4 rings (SSSR count). The number of nitrogens with one attached hydrogen (secondary N) is 1. The van der Waals surface area contributed by atoms with Crippen LogP contribution >= 0.6 is 35.3 Å². The van der Waals surface area contributed by atoms with E-state index in [4.69, 9.17) is 16.6 Å². The molecule has 0 radical (unpaired) electrons. The van der Waals surface area contributed by atoms with Gasteiger partial charge >= 0.3 is 0 Å². The number of aromatic nitrogens is 1. The smallest absolute Gasteiger partial charge is 0.252 e. The second kappa shape index (κ2) is 8.53. The molecule has 2 aromatic carbocycles. The van der Waals surface area contributed by atoms with Crippen LogP contribution in [0.1, 0.15) is 15.2 Å². The average Bonchev–Trinajstić information content (AvgIpc) is 3.19. The largest absolute Gasteiger partial charge is 0.347 e. The third-order valence-electron chi connectivity index (χ3n) is 4.08. The maximum Gasteiger partial charge on any atom is 0.252 e. The number of benzene rings is 2. The van der Waals surface area contributed by atoms with Crippen molar-refractivity contribution in [1.29, 1.82) is 0 Å². The normalized spacial score (nSPS) is 10.4. The van der Waals surface area contributed by atoms with Gasteiger partial charge in [-0.15, -0.1) is 23.7 Å². The highest BCUT2D eigenvalue weighted by Crippen LogP contribution is 2.26. The van der Waals surface area contributed by atoms with Gasteiger partial charge in [0, 0.05) is 20.8 Å². The van der Waals surface area contributed by atoms with E-state index in [2.05, 4.69) is 5.32 Å². The Hall–Kier alpha value is -2.40. The first-order valence-corrected chi connectivity index (χ1v) is 9.43. The molecule has 136 valence electrons. The Bertz CT molecular complexity index is 1080. The van der Waals surface area contributed by atoms with Gasteiger partial charge in [0.05, 0.1) is 23.3 Å². The highest BCUT2D eigenvalue weighted by Gasteiger charge is 2.14. The Morgan fingerprint density at radius 2 is 1.89 bits per heavy atom. The Morgan fingerprint density at radius 1 is 1.04 bits per heavy atom. The Morgan fingerprint density at radius 3 is 2.67 bits per heavy atom. The summed E-state index contributed by atoms with van der Waals surface area (Å²) in [6.07, 6.45) is 0. The molecule has 2 aromatic heterocycles. The van der Waals surface area contributed by atoms with Crippen molar-refractivity contribution in [3.63, 3.8) is 0 Å². The monoisotopic (exact) mass is 414 g/mol. The van der Waals surface area contributed by atoms with Gasteiger partial charge in [-0.1, -0.05) is 48.0 Å². The van der Waals surface area contributed by atoms with E-state index in [1.807, 2.05) is 72.1 Å². The number of thiophene rings is 1. The van der Waals surface area contributed by atoms with Crippen molar-refractivity contribution in [2.24, 2.45) is 0 Å². The minimum absolute atomic E-state index is 0. The van der Waals surface area contributed by atoms with Gasteiger partial charge in [0.25, 0.3) is 5.91 Å². The summed E-state index contributed by atoms with van der Waals surface area (Å²) in [5, 5.41) is 6.48. The minimum Gasteiger partial charge on any atom is -0.347 e. The SMILES string of the molecule is Cl.O=C(NCc1cccs1)c1cc(-c2cccc(Cl)c2)nc2ccccc12. The Kier molecular flexibility index (Phi) is 6.11. The lowest BCUT2D eigenvalue weighted by Gasteiger charge is -2.10. The molecule has 3 nitrogen and oxygen atoms in total. The summed E-state index contributed by atoms with van der Waals surface area (Å²) in [4.78, 5) is 18.7. The van der Waals surface area contributed by atoms with Crippen LogP contribution in [0.3, 0.4) is 0 Å². The number of fused-ring (bicyclic) bond motifs is 1. The molecule has 0 atom stereocenters. The molecule has 0 aliphatic rings. The van der Waals surface area contributed by atoms with Crippen LogP contribution in [-0.2, 0) is 6.54 Å². The molecular weight excluding hydrogens is 399 g/mol. The number of pyridine rings is 1. The van der Waals surface area contributed by atoms with E-state index in [0.717, 1.165) is 27.0 Å². The standard InChI is InChI=1S/C21H15ClN2OS.ClH/c22-15-6-3-5-14(11-15)20-12-18(17-8-1-2-9-19(17)24-20)21(25)23-13-16-7-4-10-26-16;/h1-12H,13H2,(H,23,25);1H. The zero-order chi connectivity index (χ0) is 17.9. The predicted octanol–water partition coefficient (Wildman–Crippen LogP) is 5.97. The highest BCUT2D eigenvalue weighted by atomic mass is 35.5. The molecule has 4 aromatic rings. The van der Waals surface area contributed by atoms with E-state index >= 15 is 0 Å². The molecule has 27 heavy (non-hydrogen) atoms. The molecule has 1 N–H and O–H groups in total. The van der Waals surface area contributed by atoms with Crippen molar-refractivity contribution in [1.82, 2.24) is 10.3 Å². The third kappa shape index (κ3) is 4.30. The second-order valence-electron chi connectivity index (χ2n) is 5.84. The van der Waals surface area contributed by atoms with Gasteiger partial charge < -0.3 is 5.32 Å². The zero-order valence-electron chi connectivity index (χ0n) is 14.2. The third-order valence-corrected chi connectivity index (χ3v) is 5.20. The summed E-state index contributed by atoms with van der Waals surface area (Å²) in [5.41, 5.74) is 3.01. The molecule has 1 amide bonds. The van der Waals surface area contributed by atoms with E-state index in [9.17, 15) is 4.79 Å². The van der Waals surface area contributed by atoms with Crippen LogP contribution in [0.25, 0.3) is 22.2 Å². The minimum atomic E-state index is -0.111. The summed E-state index contributed by atoms with van der Waals surface area (Å²) in [6, 6.07) is 21.0. The van der Waals surface area contributed by atoms with E-state index in [1.54, 1.807) is 11.3 Å². The van der Waals surface area contributed by atoms with Crippen molar-refractivity contribution < 1.29 is 4.79 Å². The molecule has 0 saturated carbocycles. The van der Waals surface area contributed by atoms with E-state index < -0.39 is 0 Å². The molecule has 0 bridgehead atoms. The first-order valence-electron chi connectivity index (χ1n) is 8.17. The molecule has 0 unspecified atom stereocenters. The summed E-state index contributed by atoms with van der Waals surface area (Å²) in [5.74, 6) is -0.111. The fourth-order valence-corrected chi connectivity index (χ4v) is 3.67. The lowest BCUT2D eigenvalue weighted by atomic mass is 10.0. The van der Waals surface area contributed by atoms with Crippen molar-refractivity contribution in [3.05, 3.63) is 87.6 Å². The number of hydrogen-bond donors (Lipinski definition) is 1. The van der Waals surface area contributed by atoms with Crippen LogP contribution < -0.4 is 5.32 Å². The maximum absolute atomic E-state index is 12.8. The topological polar surface area (TPSA) is 42.0 Å². The summed E-state index contributed by atoms with van der Waals surface area (Å²) in [7, 11) is 0. The molecule has 0 aliphatic carbocycles. The fraction of sp³-hybridized carbons (Fsp3) is 0.0476. The summed E-state index contributed by atoms with van der Waals surface area (Å²) < 4.78 is 0. The lowest BCUT2D eigenvalue weighted by Crippen LogP contribution is -2.22. The summed E-state index contributed by atoms with van der Waals surface area (Å²) >= 11 is 7.74. The number of rotatable bonds is 4. The number of hydrogen-bond acceptors (Lipinski definition) is 3. The number of carbonyl (C=O) groups excluding carboxylic acids is 1. The van der Waals surface area contributed by atoms with Gasteiger partial charge in [-0.3, -0.25) is 4.79 Å². The van der Waals surface area contributed by atoms with Crippen molar-refractivity contribution in [2.45, 2.75) is 6.54 Å². The van der Waals surface area contributed by atoms with Crippen LogP contribution in [0.15, 0.2) is 72.1 Å². The number of carbonyl (C=O) groups is 1. The average molecular weight is 415 g/mol. The van der Waals surface area contributed by atoms with Crippen LogP contribution in [0, 0.1) is 0 Å². The maximum atomic E-state index is 12.8. The molecule has 0 saturated heterocycles. The van der Waals surface area contributed by atoms with E-state index in [1.165, 1.54) is 0 Å². The first-order chi connectivity index (χ1) is 12.7. The second-order valence-corrected chi connectivity index (χ2v) is 7.31. The van der Waals surface area contributed by atoms with Crippen LogP contribution in [0.4, 0.5) is 0 Å². The van der Waals surface area contributed by atoms with Crippen LogP contribution in [-0.4, -0.2) is 10.9 Å². The molecule has 0 aliphatic heterocycles. The van der Waals surface area contributed by atoms with E-state index in [0.29, 0.717) is 17.1 Å². The van der Waals surface area contributed by atoms with Gasteiger partial charge in [-0.25, -0.2) is 4.98 Å². The fourth-order valence-electron chi connectivity index (χ4n) is 2.83. The highest BCUT2D eigenvalue weighted by molar-refractivity contribution is 7.09. The molecule has 0 fully saturated rings. The number of nitrogens with zero attached hydrogens (tertiary/aromatic N) is 1. The number of amides is 1. The quantitative estimate of drug-likeness (QED) is 0.446. The van der Waals surface area contributed by atoms with Gasteiger partial charge in [0.15, 0.2) is 0 Å². The van der Waals surface area contributed by atoms with Gasteiger partial charge in [0.2, 0.25) is 0 Å². The van der Waals surface area contributed by atoms with Crippen molar-refractivity contribution in [3.8, 4) is 11.3 Å². The molecule has 2 heterocycles. The number of para-hydroxylation sites is 1. The van der Waals surface area contributed by atoms with Crippen molar-refractivity contribution in [2.75, 3.05) is 0 Å². The molecular formula is C21H16Cl2N2OS. The zero-order valence-corrected chi connectivity index (χ0v) is 16.6. The van der Waals surface area contributed by atoms with Gasteiger partial charge in [-0.05, 0) is 35.7 Å².